The summed E-state index contributed by atoms with van der Waals surface area (Å²) in [4.78, 5) is 28.8. The zero-order chi connectivity index (χ0) is 16.1. The van der Waals surface area contributed by atoms with Gasteiger partial charge < -0.3 is 11.1 Å². The van der Waals surface area contributed by atoms with E-state index < -0.39 is 4.92 Å². The van der Waals surface area contributed by atoms with Crippen LogP contribution >= 0.6 is 0 Å². The van der Waals surface area contributed by atoms with Crippen molar-refractivity contribution in [2.75, 3.05) is 11.1 Å². The summed E-state index contributed by atoms with van der Waals surface area (Å²) >= 11 is 0. The minimum absolute atomic E-state index is 0.0775. The molecule has 0 unspecified atom stereocenters. The number of H-pyrrole nitrogens is 1. The van der Waals surface area contributed by atoms with Crippen molar-refractivity contribution in [3.05, 3.63) is 50.4 Å². The van der Waals surface area contributed by atoms with Crippen LogP contribution in [0.15, 0.2) is 29.1 Å². The molecule has 116 valence electrons. The molecule has 0 fully saturated rings. The summed E-state index contributed by atoms with van der Waals surface area (Å²) in [7, 11) is 0. The summed E-state index contributed by atoms with van der Waals surface area (Å²) in [5.41, 5.74) is 6.26. The second-order valence-corrected chi connectivity index (χ2v) is 4.84. The Bertz CT molecular complexity index is 741. The molecule has 8 heteroatoms. The number of aromatic amines is 1. The lowest BCUT2D eigenvalue weighted by atomic mass is 10.2. The molecule has 0 aliphatic heterocycles. The zero-order valence-corrected chi connectivity index (χ0v) is 12.1. The van der Waals surface area contributed by atoms with Gasteiger partial charge >= 0.3 is 0 Å². The number of anilines is 3. The Morgan fingerprint density at radius 3 is 2.86 bits per heavy atom. The number of nitro benzene ring substituents is 1. The number of nitro groups is 1. The second-order valence-electron chi connectivity index (χ2n) is 4.84. The smallest absolute Gasteiger partial charge is 0.294 e. The molecule has 1 aromatic carbocycles. The monoisotopic (exact) mass is 303 g/mol. The van der Waals surface area contributed by atoms with Gasteiger partial charge in [-0.05, 0) is 25.0 Å². The molecule has 0 aliphatic rings. The number of nitrogens with zero attached hydrogens (tertiary/aromatic N) is 2. The van der Waals surface area contributed by atoms with Gasteiger partial charge in [0.05, 0.1) is 4.92 Å². The predicted molar refractivity (Wildman–Crippen MR) is 84.3 cm³/mol. The number of unbranched alkanes of at least 4 members (excludes halogenated alkanes) is 1. The highest BCUT2D eigenvalue weighted by Crippen LogP contribution is 2.26. The zero-order valence-electron chi connectivity index (χ0n) is 12.1. The van der Waals surface area contributed by atoms with E-state index in [2.05, 4.69) is 22.2 Å². The summed E-state index contributed by atoms with van der Waals surface area (Å²) in [5.74, 6) is 0.248. The van der Waals surface area contributed by atoms with E-state index in [-0.39, 0.29) is 22.9 Å². The number of rotatable bonds is 6. The lowest BCUT2D eigenvalue weighted by molar-refractivity contribution is -0.383. The summed E-state index contributed by atoms with van der Waals surface area (Å²) < 4.78 is 0. The average Bonchev–Trinajstić information content (AvgIpc) is 2.46. The van der Waals surface area contributed by atoms with Gasteiger partial charge in [-0.2, -0.15) is 0 Å². The molecule has 0 saturated heterocycles. The van der Waals surface area contributed by atoms with Gasteiger partial charge in [0.2, 0.25) is 5.95 Å². The average molecular weight is 303 g/mol. The van der Waals surface area contributed by atoms with Gasteiger partial charge in [-0.15, -0.1) is 0 Å². The molecule has 0 atom stereocenters. The number of aromatic nitrogens is 2. The number of nitrogens with one attached hydrogen (secondary N) is 2. The van der Waals surface area contributed by atoms with E-state index in [0.717, 1.165) is 12.8 Å². The molecule has 4 N–H and O–H groups in total. The fraction of sp³-hybridized carbons (Fsp3) is 0.286. The first-order chi connectivity index (χ1) is 10.5. The van der Waals surface area contributed by atoms with E-state index in [1.165, 1.54) is 18.2 Å². The Morgan fingerprint density at radius 2 is 2.18 bits per heavy atom. The second kappa shape index (κ2) is 6.70. The molecule has 0 spiro atoms. The maximum absolute atomic E-state index is 11.6. The van der Waals surface area contributed by atoms with Gasteiger partial charge in [-0.1, -0.05) is 13.3 Å². The summed E-state index contributed by atoms with van der Waals surface area (Å²) in [6.45, 7) is 2.06. The molecule has 22 heavy (non-hydrogen) atoms. The number of benzene rings is 1. The Morgan fingerprint density at radius 1 is 1.41 bits per heavy atom. The van der Waals surface area contributed by atoms with Crippen LogP contribution in [0.1, 0.15) is 25.5 Å². The number of nitrogen functional groups attached to an aromatic ring is 1. The molecular weight excluding hydrogens is 286 g/mol. The first-order valence-electron chi connectivity index (χ1n) is 6.90. The maximum atomic E-state index is 11.6. The van der Waals surface area contributed by atoms with Crippen molar-refractivity contribution in [3.8, 4) is 0 Å². The number of hydrogen-bond donors (Lipinski definition) is 3. The van der Waals surface area contributed by atoms with Crippen molar-refractivity contribution in [1.82, 2.24) is 9.97 Å². The number of aryl methyl sites for hydroxylation is 1. The molecule has 2 rings (SSSR count). The fourth-order valence-electron chi connectivity index (χ4n) is 1.97. The molecule has 8 nitrogen and oxygen atoms in total. The third-order valence-corrected chi connectivity index (χ3v) is 3.07. The topological polar surface area (TPSA) is 127 Å². The third-order valence-electron chi connectivity index (χ3n) is 3.07. The number of nitrogens with two attached hydrogens (primary N) is 1. The normalized spacial score (nSPS) is 10.4. The van der Waals surface area contributed by atoms with Gasteiger partial charge in [0.25, 0.3) is 11.2 Å². The van der Waals surface area contributed by atoms with E-state index in [0.29, 0.717) is 17.8 Å². The molecule has 0 aliphatic carbocycles. The van der Waals surface area contributed by atoms with Crippen LogP contribution in [0.25, 0.3) is 0 Å². The summed E-state index contributed by atoms with van der Waals surface area (Å²) in [5, 5.41) is 13.7. The highest BCUT2D eigenvalue weighted by molar-refractivity contribution is 5.67. The van der Waals surface area contributed by atoms with Crippen LogP contribution in [-0.4, -0.2) is 14.9 Å². The van der Waals surface area contributed by atoms with E-state index in [9.17, 15) is 14.9 Å². The van der Waals surface area contributed by atoms with Crippen molar-refractivity contribution in [3.63, 3.8) is 0 Å². The molecule has 1 heterocycles. The van der Waals surface area contributed by atoms with E-state index >= 15 is 0 Å². The largest absolute Gasteiger partial charge is 0.393 e. The van der Waals surface area contributed by atoms with Crippen LogP contribution in [0.2, 0.25) is 0 Å². The number of hydrogen-bond acceptors (Lipinski definition) is 6. The van der Waals surface area contributed by atoms with Crippen LogP contribution in [-0.2, 0) is 6.42 Å². The minimum atomic E-state index is -0.561. The highest BCUT2D eigenvalue weighted by atomic mass is 16.6. The SMILES string of the molecule is CCCCc1cc(=O)[nH]c(Nc2ccc(N)c([N+](=O)[O-])c2)n1. The fourth-order valence-corrected chi connectivity index (χ4v) is 1.97. The van der Waals surface area contributed by atoms with Crippen LogP contribution in [0, 0.1) is 10.1 Å². The van der Waals surface area contributed by atoms with Gasteiger partial charge in [0.15, 0.2) is 0 Å². The first-order valence-corrected chi connectivity index (χ1v) is 6.90. The maximum Gasteiger partial charge on any atom is 0.294 e. The van der Waals surface area contributed by atoms with Crippen LogP contribution in [0.4, 0.5) is 23.0 Å². The van der Waals surface area contributed by atoms with Crippen molar-refractivity contribution in [2.45, 2.75) is 26.2 Å². The van der Waals surface area contributed by atoms with Crippen LogP contribution in [0.5, 0.6) is 0 Å². The summed E-state index contributed by atoms with van der Waals surface area (Å²) in [6.07, 6.45) is 2.64. The van der Waals surface area contributed by atoms with E-state index in [1.807, 2.05) is 0 Å². The van der Waals surface area contributed by atoms with Crippen LogP contribution < -0.4 is 16.6 Å². The quantitative estimate of drug-likeness (QED) is 0.427. The lowest BCUT2D eigenvalue weighted by Gasteiger charge is -2.07. The van der Waals surface area contributed by atoms with Gasteiger partial charge in [-0.25, -0.2) is 4.98 Å². The van der Waals surface area contributed by atoms with Crippen LogP contribution in [0.3, 0.4) is 0 Å². The summed E-state index contributed by atoms with van der Waals surface area (Å²) in [6, 6.07) is 5.76. The standard InChI is InChI=1S/C14H17N5O3/c1-2-3-4-9-8-13(20)18-14(16-9)17-10-5-6-11(15)12(7-10)19(21)22/h5-8H,2-4,15H2,1H3,(H2,16,17,18,20). The van der Waals surface area contributed by atoms with E-state index in [1.54, 1.807) is 6.07 Å². The molecule has 0 saturated carbocycles. The molecule has 0 radical (unpaired) electrons. The Kier molecular flexibility index (Phi) is 4.72. The first kappa shape index (κ1) is 15.5. The lowest BCUT2D eigenvalue weighted by Crippen LogP contribution is -2.12. The predicted octanol–water partition coefficient (Wildman–Crippen LogP) is 2.35. The van der Waals surface area contributed by atoms with E-state index in [4.69, 9.17) is 5.73 Å². The van der Waals surface area contributed by atoms with Gasteiger partial charge in [0, 0.05) is 23.5 Å². The third kappa shape index (κ3) is 3.81. The Hall–Kier alpha value is -2.90. The molecule has 1 aromatic heterocycles. The van der Waals surface area contributed by atoms with Crippen molar-refractivity contribution < 1.29 is 4.92 Å². The van der Waals surface area contributed by atoms with Gasteiger partial charge in [-0.3, -0.25) is 19.9 Å². The molecule has 0 amide bonds. The van der Waals surface area contributed by atoms with Crippen molar-refractivity contribution in [2.24, 2.45) is 0 Å². The molecule has 2 aromatic rings. The van der Waals surface area contributed by atoms with Crippen molar-refractivity contribution in [1.29, 1.82) is 0 Å². The molecular formula is C14H17N5O3. The highest BCUT2D eigenvalue weighted by Gasteiger charge is 2.12. The Balaban J connectivity index is 2.27. The molecule has 0 bridgehead atoms. The minimum Gasteiger partial charge on any atom is -0.393 e. The Labute approximate surface area is 126 Å². The van der Waals surface area contributed by atoms with Gasteiger partial charge in [0.1, 0.15) is 5.69 Å². The van der Waals surface area contributed by atoms with Crippen molar-refractivity contribution >= 4 is 23.0 Å².